The van der Waals surface area contributed by atoms with Crippen LogP contribution in [-0.2, 0) is 10.0 Å². The highest BCUT2D eigenvalue weighted by atomic mass is 32.2. The molecule has 1 aromatic heterocycles. The first-order chi connectivity index (χ1) is 9.81. The summed E-state index contributed by atoms with van der Waals surface area (Å²) in [5, 5.41) is 1.52. The lowest BCUT2D eigenvalue weighted by Gasteiger charge is -2.39. The first-order valence-electron chi connectivity index (χ1n) is 7.13. The van der Waals surface area contributed by atoms with Gasteiger partial charge in [0.1, 0.15) is 0 Å². The van der Waals surface area contributed by atoms with Gasteiger partial charge >= 0.3 is 0 Å². The molecule has 1 saturated heterocycles. The van der Waals surface area contributed by atoms with Crippen molar-refractivity contribution >= 4 is 27.3 Å². The van der Waals surface area contributed by atoms with E-state index in [-0.39, 0.29) is 16.2 Å². The van der Waals surface area contributed by atoms with E-state index < -0.39 is 10.0 Å². The van der Waals surface area contributed by atoms with Crippen molar-refractivity contribution in [3.05, 3.63) is 16.3 Å². The van der Waals surface area contributed by atoms with Crippen molar-refractivity contribution in [3.8, 4) is 0 Å². The number of rotatable bonds is 4. The third-order valence-corrected chi connectivity index (χ3v) is 6.75. The van der Waals surface area contributed by atoms with Crippen molar-refractivity contribution in [1.82, 2.24) is 9.62 Å². The zero-order chi connectivity index (χ0) is 15.7. The van der Waals surface area contributed by atoms with Crippen LogP contribution in [-0.4, -0.2) is 39.4 Å². The Labute approximate surface area is 130 Å². The molecular formula is C14H22N2O3S2. The van der Waals surface area contributed by atoms with Crippen LogP contribution >= 0.6 is 11.3 Å². The van der Waals surface area contributed by atoms with Crippen LogP contribution in [0.4, 0.5) is 0 Å². The van der Waals surface area contributed by atoms with Gasteiger partial charge in [-0.05, 0) is 37.8 Å². The number of amides is 1. The minimum atomic E-state index is -3.48. The SMILES string of the molecule is CC[C@@]1(C)CCCN(C(=O)c2cc(S(=O)(=O)NC)cs2)C1. The predicted molar refractivity (Wildman–Crippen MR) is 84.1 cm³/mol. The molecule has 2 rings (SSSR count). The fraction of sp³-hybridized carbons (Fsp3) is 0.643. The second kappa shape index (κ2) is 6.06. The summed E-state index contributed by atoms with van der Waals surface area (Å²) < 4.78 is 25.7. The van der Waals surface area contributed by atoms with E-state index in [2.05, 4.69) is 18.6 Å². The van der Waals surface area contributed by atoms with Gasteiger partial charge in [-0.2, -0.15) is 0 Å². The maximum Gasteiger partial charge on any atom is 0.263 e. The van der Waals surface area contributed by atoms with Gasteiger partial charge in [0.25, 0.3) is 5.91 Å². The molecule has 7 heteroatoms. The summed E-state index contributed by atoms with van der Waals surface area (Å²) >= 11 is 1.19. The molecule has 21 heavy (non-hydrogen) atoms. The molecule has 0 radical (unpaired) electrons. The Morgan fingerprint density at radius 1 is 1.52 bits per heavy atom. The zero-order valence-corrected chi connectivity index (χ0v) is 14.3. The Balaban J connectivity index is 2.17. The van der Waals surface area contributed by atoms with Crippen LogP contribution in [0.15, 0.2) is 16.3 Å². The number of hydrogen-bond donors (Lipinski definition) is 1. The number of hydrogen-bond acceptors (Lipinski definition) is 4. The summed E-state index contributed by atoms with van der Waals surface area (Å²) in [6.07, 6.45) is 3.18. The van der Waals surface area contributed by atoms with Crippen molar-refractivity contribution in [2.24, 2.45) is 5.41 Å². The zero-order valence-electron chi connectivity index (χ0n) is 12.7. The fourth-order valence-electron chi connectivity index (χ4n) is 2.62. The van der Waals surface area contributed by atoms with Crippen LogP contribution in [0.1, 0.15) is 42.8 Å². The van der Waals surface area contributed by atoms with E-state index in [1.54, 1.807) is 0 Å². The van der Waals surface area contributed by atoms with Crippen molar-refractivity contribution < 1.29 is 13.2 Å². The van der Waals surface area contributed by atoms with Gasteiger partial charge in [0.05, 0.1) is 9.77 Å². The van der Waals surface area contributed by atoms with E-state index in [9.17, 15) is 13.2 Å². The second-order valence-corrected chi connectivity index (χ2v) is 8.65. The molecule has 1 aliphatic heterocycles. The molecule has 1 aliphatic rings. The van der Waals surface area contributed by atoms with Crippen molar-refractivity contribution in [3.63, 3.8) is 0 Å². The van der Waals surface area contributed by atoms with E-state index in [1.807, 2.05) is 4.90 Å². The van der Waals surface area contributed by atoms with Gasteiger partial charge in [0.2, 0.25) is 10.0 Å². The van der Waals surface area contributed by atoms with Crippen LogP contribution in [0.25, 0.3) is 0 Å². The maximum atomic E-state index is 12.6. The van der Waals surface area contributed by atoms with Gasteiger partial charge in [0, 0.05) is 18.5 Å². The molecule has 1 N–H and O–H groups in total. The van der Waals surface area contributed by atoms with Crippen LogP contribution in [0, 0.1) is 5.41 Å². The second-order valence-electron chi connectivity index (χ2n) is 5.85. The van der Waals surface area contributed by atoms with Crippen LogP contribution < -0.4 is 4.72 Å². The number of nitrogens with one attached hydrogen (secondary N) is 1. The number of piperidine rings is 1. The lowest BCUT2D eigenvalue weighted by molar-refractivity contribution is 0.0547. The van der Waals surface area contributed by atoms with Crippen molar-refractivity contribution in [2.45, 2.75) is 38.0 Å². The highest BCUT2D eigenvalue weighted by Crippen LogP contribution is 2.33. The van der Waals surface area contributed by atoms with E-state index in [0.717, 1.165) is 32.4 Å². The highest BCUT2D eigenvalue weighted by Gasteiger charge is 2.32. The van der Waals surface area contributed by atoms with E-state index >= 15 is 0 Å². The third-order valence-electron chi connectivity index (χ3n) is 4.29. The van der Waals surface area contributed by atoms with Gasteiger partial charge in [-0.15, -0.1) is 11.3 Å². The summed E-state index contributed by atoms with van der Waals surface area (Å²) in [5.41, 5.74) is 0.172. The molecule has 1 atom stereocenters. The molecule has 5 nitrogen and oxygen atoms in total. The Hall–Kier alpha value is -0.920. The van der Waals surface area contributed by atoms with Crippen molar-refractivity contribution in [1.29, 1.82) is 0 Å². The summed E-state index contributed by atoms with van der Waals surface area (Å²) in [7, 11) is -2.11. The molecule has 1 aromatic rings. The van der Waals surface area contributed by atoms with Crippen LogP contribution in [0.2, 0.25) is 0 Å². The van der Waals surface area contributed by atoms with E-state index in [0.29, 0.717) is 4.88 Å². The molecule has 0 aromatic carbocycles. The number of carbonyl (C=O) groups is 1. The topological polar surface area (TPSA) is 66.5 Å². The summed E-state index contributed by atoms with van der Waals surface area (Å²) in [5.74, 6) is -0.0584. The molecule has 2 heterocycles. The Morgan fingerprint density at radius 2 is 2.24 bits per heavy atom. The van der Waals surface area contributed by atoms with Gasteiger partial charge < -0.3 is 4.90 Å². The van der Waals surface area contributed by atoms with Gasteiger partial charge in [0.15, 0.2) is 0 Å². The number of carbonyl (C=O) groups excluding carboxylic acids is 1. The van der Waals surface area contributed by atoms with Crippen LogP contribution in [0.3, 0.4) is 0 Å². The lowest BCUT2D eigenvalue weighted by Crippen LogP contribution is -2.44. The molecule has 1 amide bonds. The highest BCUT2D eigenvalue weighted by molar-refractivity contribution is 7.89. The molecule has 0 spiro atoms. The largest absolute Gasteiger partial charge is 0.337 e. The van der Waals surface area contributed by atoms with E-state index in [4.69, 9.17) is 0 Å². The lowest BCUT2D eigenvalue weighted by atomic mass is 9.79. The van der Waals surface area contributed by atoms with E-state index in [1.165, 1.54) is 29.8 Å². The monoisotopic (exact) mass is 330 g/mol. The number of sulfonamides is 1. The van der Waals surface area contributed by atoms with Gasteiger partial charge in [-0.1, -0.05) is 13.8 Å². The average molecular weight is 330 g/mol. The minimum absolute atomic E-state index is 0.0584. The number of thiophene rings is 1. The standard InChI is InChI=1S/C14H22N2O3S2/c1-4-14(2)6-5-7-16(10-14)13(17)12-8-11(9-20-12)21(18,19)15-3/h8-9,15H,4-7,10H2,1-3H3/t14-/m0/s1. The predicted octanol–water partition coefficient (Wildman–Crippen LogP) is 2.31. The Morgan fingerprint density at radius 3 is 2.86 bits per heavy atom. The minimum Gasteiger partial charge on any atom is -0.337 e. The maximum absolute atomic E-state index is 12.6. The quantitative estimate of drug-likeness (QED) is 0.921. The molecule has 0 saturated carbocycles. The summed E-state index contributed by atoms with van der Waals surface area (Å²) in [4.78, 5) is 15.1. The Kier molecular flexibility index (Phi) is 4.75. The molecule has 0 aliphatic carbocycles. The number of nitrogens with zero attached hydrogens (tertiary/aromatic N) is 1. The third kappa shape index (κ3) is 3.46. The fourth-order valence-corrected chi connectivity index (χ4v) is 4.59. The molecular weight excluding hydrogens is 308 g/mol. The first-order valence-corrected chi connectivity index (χ1v) is 9.49. The van der Waals surface area contributed by atoms with Crippen molar-refractivity contribution in [2.75, 3.05) is 20.1 Å². The first kappa shape index (κ1) is 16.5. The number of likely N-dealkylation sites (tertiary alicyclic amines) is 1. The summed E-state index contributed by atoms with van der Waals surface area (Å²) in [6, 6.07) is 1.47. The molecule has 0 bridgehead atoms. The van der Waals surface area contributed by atoms with Crippen LogP contribution in [0.5, 0.6) is 0 Å². The molecule has 118 valence electrons. The molecule has 1 fully saturated rings. The average Bonchev–Trinajstić information content (AvgIpc) is 2.97. The van der Waals surface area contributed by atoms with Gasteiger partial charge in [-0.3, -0.25) is 4.79 Å². The molecule has 0 unspecified atom stereocenters. The summed E-state index contributed by atoms with van der Waals surface area (Å²) in [6.45, 7) is 5.85. The van der Waals surface area contributed by atoms with Gasteiger partial charge in [-0.25, -0.2) is 13.1 Å². The Bertz CT molecular complexity index is 624. The normalized spacial score (nSPS) is 23.3. The smallest absolute Gasteiger partial charge is 0.263 e.